The van der Waals surface area contributed by atoms with Gasteiger partial charge in [-0.15, -0.1) is 0 Å². The number of pyridine rings is 1. The molecular formula is C27H28N8O2. The molecular weight excluding hydrogens is 468 g/mol. The number of imidazole rings is 1. The van der Waals surface area contributed by atoms with Crippen LogP contribution in [0.2, 0.25) is 0 Å². The zero-order valence-electron chi connectivity index (χ0n) is 20.9. The smallest absolute Gasteiger partial charge is 0.254 e. The lowest BCUT2D eigenvalue weighted by atomic mass is 10.1. The fourth-order valence-corrected chi connectivity index (χ4v) is 4.75. The number of hydrogen-bond acceptors (Lipinski definition) is 7. The molecule has 1 fully saturated rings. The number of fused-ring (bicyclic) bond motifs is 1. The van der Waals surface area contributed by atoms with Crippen molar-refractivity contribution in [2.45, 2.75) is 26.4 Å². The number of ether oxygens (including phenoxy) is 1. The second-order valence-corrected chi connectivity index (χ2v) is 9.03. The third kappa shape index (κ3) is 4.29. The monoisotopic (exact) mass is 496 g/mol. The molecule has 0 saturated carbocycles. The summed E-state index contributed by atoms with van der Waals surface area (Å²) in [6.07, 6.45) is 7.37. The molecule has 37 heavy (non-hydrogen) atoms. The number of aromatic nitrogens is 7. The molecule has 4 aromatic heterocycles. The van der Waals surface area contributed by atoms with Crippen LogP contribution >= 0.6 is 0 Å². The van der Waals surface area contributed by atoms with Gasteiger partial charge in [0, 0.05) is 55.9 Å². The Labute approximate surface area is 213 Å². The van der Waals surface area contributed by atoms with Crippen LogP contribution in [0.5, 0.6) is 0 Å². The molecule has 0 spiro atoms. The van der Waals surface area contributed by atoms with Gasteiger partial charge < -0.3 is 18.8 Å². The molecule has 1 aromatic carbocycles. The fourth-order valence-electron chi connectivity index (χ4n) is 4.75. The average molecular weight is 497 g/mol. The SMILES string of the molecule is CCn1c(C(C)n2ccc(=O)cc2)nc2c(N3CCOCC3)nc(-n3cc(-c4ccccc4)cn3)nc21. The Hall–Kier alpha value is -4.31. The van der Waals surface area contributed by atoms with Crippen LogP contribution in [0, 0.1) is 0 Å². The van der Waals surface area contributed by atoms with Gasteiger partial charge in [0.25, 0.3) is 5.95 Å². The van der Waals surface area contributed by atoms with Crippen molar-refractivity contribution < 1.29 is 4.74 Å². The molecule has 1 atom stereocenters. The van der Waals surface area contributed by atoms with E-state index >= 15 is 0 Å². The van der Waals surface area contributed by atoms with E-state index in [9.17, 15) is 4.79 Å². The Morgan fingerprint density at radius 1 is 0.973 bits per heavy atom. The maximum atomic E-state index is 11.7. The number of rotatable bonds is 6. The third-order valence-corrected chi connectivity index (χ3v) is 6.76. The van der Waals surface area contributed by atoms with Crippen LogP contribution in [-0.2, 0) is 11.3 Å². The van der Waals surface area contributed by atoms with Gasteiger partial charge in [0.1, 0.15) is 5.82 Å². The van der Waals surface area contributed by atoms with Gasteiger partial charge in [-0.3, -0.25) is 4.79 Å². The number of aryl methyl sites for hydroxylation is 1. The molecule has 5 heterocycles. The maximum absolute atomic E-state index is 11.7. The largest absolute Gasteiger partial charge is 0.378 e. The molecule has 5 aromatic rings. The van der Waals surface area contributed by atoms with Crippen molar-refractivity contribution in [2.24, 2.45) is 0 Å². The van der Waals surface area contributed by atoms with Crippen molar-refractivity contribution in [3.8, 4) is 17.1 Å². The van der Waals surface area contributed by atoms with E-state index in [4.69, 9.17) is 19.7 Å². The quantitative estimate of drug-likeness (QED) is 0.356. The molecule has 188 valence electrons. The first-order valence-corrected chi connectivity index (χ1v) is 12.5. The van der Waals surface area contributed by atoms with Gasteiger partial charge in [-0.05, 0) is 19.4 Å². The Morgan fingerprint density at radius 3 is 2.46 bits per heavy atom. The molecule has 10 nitrogen and oxygen atoms in total. The van der Waals surface area contributed by atoms with E-state index < -0.39 is 0 Å². The summed E-state index contributed by atoms with van der Waals surface area (Å²) in [6.45, 7) is 7.56. The highest BCUT2D eigenvalue weighted by Gasteiger charge is 2.25. The van der Waals surface area contributed by atoms with Crippen LogP contribution in [0.1, 0.15) is 25.7 Å². The second-order valence-electron chi connectivity index (χ2n) is 9.03. The van der Waals surface area contributed by atoms with Gasteiger partial charge in [-0.1, -0.05) is 30.3 Å². The Kier molecular flexibility index (Phi) is 6.01. The summed E-state index contributed by atoms with van der Waals surface area (Å²) in [5, 5.41) is 4.59. The van der Waals surface area contributed by atoms with E-state index in [2.05, 4.69) is 40.5 Å². The average Bonchev–Trinajstić information content (AvgIpc) is 3.59. The molecule has 0 radical (unpaired) electrons. The van der Waals surface area contributed by atoms with Crippen molar-refractivity contribution >= 4 is 17.0 Å². The predicted molar refractivity (Wildman–Crippen MR) is 141 cm³/mol. The zero-order chi connectivity index (χ0) is 25.4. The summed E-state index contributed by atoms with van der Waals surface area (Å²) >= 11 is 0. The van der Waals surface area contributed by atoms with Crippen molar-refractivity contribution in [1.82, 2.24) is 33.9 Å². The number of benzene rings is 1. The zero-order valence-corrected chi connectivity index (χ0v) is 20.9. The van der Waals surface area contributed by atoms with E-state index in [0.29, 0.717) is 25.7 Å². The van der Waals surface area contributed by atoms with Crippen LogP contribution < -0.4 is 10.3 Å². The topological polar surface area (TPSA) is 95.9 Å². The van der Waals surface area contributed by atoms with Crippen LogP contribution in [-0.4, -0.2) is 60.2 Å². The molecule has 1 aliphatic heterocycles. The molecule has 0 amide bonds. The summed E-state index contributed by atoms with van der Waals surface area (Å²) in [5.41, 5.74) is 3.57. The van der Waals surface area contributed by atoms with Crippen molar-refractivity contribution in [2.75, 3.05) is 31.2 Å². The van der Waals surface area contributed by atoms with Gasteiger partial charge in [-0.25, -0.2) is 9.67 Å². The highest BCUT2D eigenvalue weighted by molar-refractivity contribution is 5.85. The summed E-state index contributed by atoms with van der Waals surface area (Å²) in [7, 11) is 0. The van der Waals surface area contributed by atoms with Crippen LogP contribution in [0.25, 0.3) is 28.2 Å². The van der Waals surface area contributed by atoms with Gasteiger partial charge in [0.05, 0.1) is 25.5 Å². The van der Waals surface area contributed by atoms with Gasteiger partial charge in [0.2, 0.25) is 0 Å². The van der Waals surface area contributed by atoms with Gasteiger partial charge >= 0.3 is 0 Å². The molecule has 10 heteroatoms. The summed E-state index contributed by atoms with van der Waals surface area (Å²) < 4.78 is 11.4. The van der Waals surface area contributed by atoms with Gasteiger partial charge in [-0.2, -0.15) is 15.1 Å². The molecule has 1 aliphatic rings. The summed E-state index contributed by atoms with van der Waals surface area (Å²) in [6, 6.07) is 13.2. The molecule has 0 aliphatic carbocycles. The summed E-state index contributed by atoms with van der Waals surface area (Å²) in [4.78, 5) is 28.9. The minimum Gasteiger partial charge on any atom is -0.378 e. The van der Waals surface area contributed by atoms with Crippen LogP contribution in [0.4, 0.5) is 5.82 Å². The van der Waals surface area contributed by atoms with E-state index in [-0.39, 0.29) is 11.5 Å². The number of anilines is 1. The predicted octanol–water partition coefficient (Wildman–Crippen LogP) is 3.31. The van der Waals surface area contributed by atoms with Crippen LogP contribution in [0.3, 0.4) is 0 Å². The van der Waals surface area contributed by atoms with E-state index in [0.717, 1.165) is 47.0 Å². The van der Waals surface area contributed by atoms with E-state index in [1.54, 1.807) is 29.2 Å². The minimum atomic E-state index is -0.106. The molecule has 0 bridgehead atoms. The first-order chi connectivity index (χ1) is 18.1. The Bertz CT molecular complexity index is 1580. The lowest BCUT2D eigenvalue weighted by Crippen LogP contribution is -2.37. The first-order valence-electron chi connectivity index (χ1n) is 12.5. The molecule has 1 unspecified atom stereocenters. The first kappa shape index (κ1) is 23.1. The standard InChI is InChI=1S/C27H28N8O2/c1-3-34-24(19(2)32-11-9-22(36)10-12-32)29-23-25(33-13-15-37-16-14-33)30-27(31-26(23)34)35-18-21(17-28-35)20-7-5-4-6-8-20/h4-12,17-19H,3,13-16H2,1-2H3. The molecule has 6 rings (SSSR count). The van der Waals surface area contributed by atoms with Gasteiger partial charge in [0.15, 0.2) is 22.4 Å². The number of hydrogen-bond donors (Lipinski definition) is 0. The highest BCUT2D eigenvalue weighted by atomic mass is 16.5. The van der Waals surface area contributed by atoms with E-state index in [1.807, 2.05) is 35.2 Å². The normalized spacial score (nSPS) is 14.8. The highest BCUT2D eigenvalue weighted by Crippen LogP contribution is 2.30. The van der Waals surface area contributed by atoms with Crippen LogP contribution in [0.15, 0.2) is 72.0 Å². The Morgan fingerprint density at radius 2 is 1.73 bits per heavy atom. The lowest BCUT2D eigenvalue weighted by molar-refractivity contribution is 0.122. The van der Waals surface area contributed by atoms with Crippen molar-refractivity contribution in [1.29, 1.82) is 0 Å². The molecule has 1 saturated heterocycles. The van der Waals surface area contributed by atoms with Crippen molar-refractivity contribution in [3.05, 3.63) is 83.3 Å². The maximum Gasteiger partial charge on any atom is 0.254 e. The minimum absolute atomic E-state index is 0.0216. The number of nitrogens with zero attached hydrogens (tertiary/aromatic N) is 8. The second kappa shape index (κ2) is 9.62. The third-order valence-electron chi connectivity index (χ3n) is 6.76. The lowest BCUT2D eigenvalue weighted by Gasteiger charge is -2.28. The number of morpholine rings is 1. The van der Waals surface area contributed by atoms with Crippen molar-refractivity contribution in [3.63, 3.8) is 0 Å². The molecule has 0 N–H and O–H groups in total. The fraction of sp³-hybridized carbons (Fsp3) is 0.296. The van der Waals surface area contributed by atoms with E-state index in [1.165, 1.54) is 0 Å². The summed E-state index contributed by atoms with van der Waals surface area (Å²) in [5.74, 6) is 2.13. The Balaban J connectivity index is 1.51.